The summed E-state index contributed by atoms with van der Waals surface area (Å²) < 4.78 is 18.0. The molecule has 0 unspecified atom stereocenters. The molecular formula is C30H29ClN2O5. The van der Waals surface area contributed by atoms with Gasteiger partial charge in [-0.2, -0.15) is 0 Å². The first-order valence-electron chi connectivity index (χ1n) is 12.5. The molecule has 38 heavy (non-hydrogen) atoms. The number of para-hydroxylation sites is 1. The van der Waals surface area contributed by atoms with Crippen LogP contribution in [0.5, 0.6) is 11.5 Å². The van der Waals surface area contributed by atoms with Gasteiger partial charge >= 0.3 is 0 Å². The van der Waals surface area contributed by atoms with Gasteiger partial charge in [0.2, 0.25) is 5.76 Å². The van der Waals surface area contributed by atoms with Crippen LogP contribution in [0.2, 0.25) is 5.02 Å². The summed E-state index contributed by atoms with van der Waals surface area (Å²) in [6, 6.07) is 19.4. The van der Waals surface area contributed by atoms with Crippen molar-refractivity contribution in [3.63, 3.8) is 0 Å². The average molecular weight is 533 g/mol. The van der Waals surface area contributed by atoms with Crippen molar-refractivity contribution in [3.8, 4) is 11.5 Å². The van der Waals surface area contributed by atoms with Gasteiger partial charge < -0.3 is 23.7 Å². The second kappa shape index (κ2) is 10.9. The molecule has 0 aliphatic carbocycles. The van der Waals surface area contributed by atoms with E-state index in [2.05, 4.69) is 0 Å². The Bertz CT molecular complexity index is 1530. The number of carbonyl (C=O) groups is 1. The van der Waals surface area contributed by atoms with Crippen LogP contribution in [0.15, 0.2) is 75.9 Å². The molecule has 0 saturated carbocycles. The Hall–Kier alpha value is -3.81. The van der Waals surface area contributed by atoms with Gasteiger partial charge in [-0.1, -0.05) is 41.9 Å². The van der Waals surface area contributed by atoms with Gasteiger partial charge in [0.15, 0.2) is 16.9 Å². The van der Waals surface area contributed by atoms with E-state index in [1.165, 1.54) is 0 Å². The first kappa shape index (κ1) is 25.8. The lowest BCUT2D eigenvalue weighted by Crippen LogP contribution is -2.35. The van der Waals surface area contributed by atoms with Crippen LogP contribution in [0.3, 0.4) is 0 Å². The minimum Gasteiger partial charge on any atom is -0.490 e. The number of nitrogens with zero attached hydrogens (tertiary/aromatic N) is 2. The maximum absolute atomic E-state index is 13.7. The summed E-state index contributed by atoms with van der Waals surface area (Å²) in [7, 11) is 3.89. The van der Waals surface area contributed by atoms with Crippen molar-refractivity contribution in [3.05, 3.63) is 104 Å². The summed E-state index contributed by atoms with van der Waals surface area (Å²) in [5.41, 5.74) is 2.27. The van der Waals surface area contributed by atoms with Gasteiger partial charge in [-0.15, -0.1) is 0 Å². The molecule has 0 fully saturated rings. The van der Waals surface area contributed by atoms with Crippen LogP contribution in [0.1, 0.15) is 40.2 Å². The average Bonchev–Trinajstić information content (AvgIpc) is 3.19. The largest absolute Gasteiger partial charge is 0.490 e. The smallest absolute Gasteiger partial charge is 0.290 e. The lowest BCUT2D eigenvalue weighted by molar-refractivity contribution is 0.0716. The van der Waals surface area contributed by atoms with Gasteiger partial charge in [0.05, 0.1) is 23.6 Å². The van der Waals surface area contributed by atoms with E-state index in [4.69, 9.17) is 25.5 Å². The van der Waals surface area contributed by atoms with Crippen LogP contribution in [-0.2, 0) is 6.61 Å². The highest BCUT2D eigenvalue weighted by molar-refractivity contribution is 6.30. The molecular weight excluding hydrogens is 504 g/mol. The summed E-state index contributed by atoms with van der Waals surface area (Å²) >= 11 is 6.00. The zero-order valence-electron chi connectivity index (χ0n) is 21.6. The normalized spacial score (nSPS) is 14.8. The van der Waals surface area contributed by atoms with E-state index in [0.29, 0.717) is 59.4 Å². The molecule has 8 heteroatoms. The Labute approximate surface area is 226 Å². The Kier molecular flexibility index (Phi) is 7.40. The highest BCUT2D eigenvalue weighted by Gasteiger charge is 2.42. The minimum atomic E-state index is -0.608. The van der Waals surface area contributed by atoms with Crippen molar-refractivity contribution in [2.24, 2.45) is 0 Å². The van der Waals surface area contributed by atoms with E-state index >= 15 is 0 Å². The molecule has 0 radical (unpaired) electrons. The fraction of sp³-hybridized carbons (Fsp3) is 0.267. The van der Waals surface area contributed by atoms with E-state index in [1.54, 1.807) is 29.2 Å². The zero-order chi connectivity index (χ0) is 26.8. The van der Waals surface area contributed by atoms with Crippen LogP contribution in [-0.4, -0.2) is 49.5 Å². The van der Waals surface area contributed by atoms with E-state index in [9.17, 15) is 9.59 Å². The minimum absolute atomic E-state index is 0.0958. The lowest BCUT2D eigenvalue weighted by atomic mass is 9.98. The standard InChI is InChI=1S/C30H29ClN2O5/c1-4-36-25-17-20(11-14-24(25)37-18-19-9-12-21(31)13-10-19)27-26-28(34)22-7-5-6-8-23(22)38-29(26)30(35)33(27)16-15-32(2)3/h5-14,17,27H,4,15-16,18H2,1-3H3/t27-/m0/s1. The summed E-state index contributed by atoms with van der Waals surface area (Å²) in [6.45, 7) is 3.72. The number of carbonyl (C=O) groups excluding carboxylic acids is 1. The molecule has 7 nitrogen and oxygen atoms in total. The second-order valence-electron chi connectivity index (χ2n) is 9.43. The van der Waals surface area contributed by atoms with Crippen LogP contribution >= 0.6 is 11.6 Å². The quantitative estimate of drug-likeness (QED) is 0.282. The van der Waals surface area contributed by atoms with Gasteiger partial charge in [0, 0.05) is 18.1 Å². The first-order chi connectivity index (χ1) is 18.4. The van der Waals surface area contributed by atoms with Crippen molar-refractivity contribution >= 4 is 28.5 Å². The highest BCUT2D eigenvalue weighted by atomic mass is 35.5. The van der Waals surface area contributed by atoms with Crippen molar-refractivity contribution < 1.29 is 18.7 Å². The Morgan fingerprint density at radius 2 is 1.74 bits per heavy atom. The molecule has 1 atom stereocenters. The van der Waals surface area contributed by atoms with Crippen LogP contribution in [0.25, 0.3) is 11.0 Å². The summed E-state index contributed by atoms with van der Waals surface area (Å²) in [6.07, 6.45) is 0. The molecule has 196 valence electrons. The maximum atomic E-state index is 13.7. The Morgan fingerprint density at radius 1 is 0.974 bits per heavy atom. The maximum Gasteiger partial charge on any atom is 0.290 e. The van der Waals surface area contributed by atoms with Gasteiger partial charge in [-0.3, -0.25) is 9.59 Å². The number of amides is 1. The van der Waals surface area contributed by atoms with Crippen LogP contribution in [0, 0.1) is 0 Å². The van der Waals surface area contributed by atoms with Gasteiger partial charge in [0.25, 0.3) is 5.91 Å². The van der Waals surface area contributed by atoms with Gasteiger partial charge in [-0.25, -0.2) is 0 Å². The third-order valence-electron chi connectivity index (χ3n) is 6.55. The Balaban J connectivity index is 1.56. The number of hydrogen-bond acceptors (Lipinski definition) is 6. The van der Waals surface area contributed by atoms with Crippen molar-refractivity contribution in [1.29, 1.82) is 0 Å². The number of likely N-dealkylation sites (N-methyl/N-ethyl adjacent to an activating group) is 1. The van der Waals surface area contributed by atoms with Crippen molar-refractivity contribution in [2.75, 3.05) is 33.8 Å². The number of rotatable bonds is 9. The van der Waals surface area contributed by atoms with Gasteiger partial charge in [0.1, 0.15) is 12.2 Å². The van der Waals surface area contributed by atoms with E-state index in [0.717, 1.165) is 11.1 Å². The predicted molar refractivity (Wildman–Crippen MR) is 147 cm³/mol. The fourth-order valence-corrected chi connectivity index (χ4v) is 4.80. The van der Waals surface area contributed by atoms with Crippen molar-refractivity contribution in [1.82, 2.24) is 9.80 Å². The third kappa shape index (κ3) is 4.99. The monoisotopic (exact) mass is 532 g/mol. The van der Waals surface area contributed by atoms with Gasteiger partial charge in [-0.05, 0) is 68.5 Å². The predicted octanol–water partition coefficient (Wildman–Crippen LogP) is 5.53. The molecule has 1 aliphatic rings. The molecule has 5 rings (SSSR count). The molecule has 1 amide bonds. The topological polar surface area (TPSA) is 72.2 Å². The fourth-order valence-electron chi connectivity index (χ4n) is 4.68. The summed E-state index contributed by atoms with van der Waals surface area (Å²) in [4.78, 5) is 30.9. The molecule has 1 aromatic heterocycles. The van der Waals surface area contributed by atoms with Crippen LogP contribution < -0.4 is 14.9 Å². The van der Waals surface area contributed by atoms with Crippen LogP contribution in [0.4, 0.5) is 0 Å². The summed E-state index contributed by atoms with van der Waals surface area (Å²) in [5, 5.41) is 1.11. The molecule has 0 saturated heterocycles. The van der Waals surface area contributed by atoms with Crippen molar-refractivity contribution in [2.45, 2.75) is 19.6 Å². The number of hydrogen-bond donors (Lipinski definition) is 0. The van der Waals surface area contributed by atoms with E-state index in [-0.39, 0.29) is 17.1 Å². The first-order valence-corrected chi connectivity index (χ1v) is 12.9. The number of benzene rings is 3. The number of halogens is 1. The Morgan fingerprint density at radius 3 is 2.47 bits per heavy atom. The van der Waals surface area contributed by atoms with E-state index < -0.39 is 6.04 Å². The molecule has 0 bridgehead atoms. The molecule has 3 aromatic carbocycles. The molecule has 2 heterocycles. The lowest BCUT2D eigenvalue weighted by Gasteiger charge is -2.27. The summed E-state index contributed by atoms with van der Waals surface area (Å²) in [5.74, 6) is 0.910. The molecule has 0 spiro atoms. The SMILES string of the molecule is CCOc1cc([C@H]2c3c(oc4ccccc4c3=O)C(=O)N2CCN(C)C)ccc1OCc1ccc(Cl)cc1. The molecule has 4 aromatic rings. The second-order valence-corrected chi connectivity index (χ2v) is 9.87. The zero-order valence-corrected chi connectivity index (χ0v) is 22.3. The van der Waals surface area contributed by atoms with E-state index in [1.807, 2.05) is 68.4 Å². The number of fused-ring (bicyclic) bond motifs is 2. The highest BCUT2D eigenvalue weighted by Crippen LogP contribution is 2.41. The molecule has 1 aliphatic heterocycles. The number of ether oxygens (including phenoxy) is 2. The molecule has 0 N–H and O–H groups in total. The third-order valence-corrected chi connectivity index (χ3v) is 6.80.